The Labute approximate surface area is 383 Å². The van der Waals surface area contributed by atoms with Gasteiger partial charge < -0.3 is 9.47 Å². The fourth-order valence-electron chi connectivity index (χ4n) is 9.56. The highest BCUT2D eigenvalue weighted by Gasteiger charge is 2.31. The summed E-state index contributed by atoms with van der Waals surface area (Å²) in [6.45, 7) is 9.08. The van der Waals surface area contributed by atoms with E-state index in [1.54, 1.807) is 19.2 Å². The van der Waals surface area contributed by atoms with Gasteiger partial charge in [-0.25, -0.2) is 13.2 Å². The summed E-state index contributed by atoms with van der Waals surface area (Å²) in [6, 6.07) is 9.84. The number of hydrogen-bond acceptors (Lipinski definition) is 8. The third-order valence-electron chi connectivity index (χ3n) is 13.5. The number of aromatic nitrogens is 6. The van der Waals surface area contributed by atoms with Crippen LogP contribution in [-0.2, 0) is 25.9 Å². The normalized spacial score (nSPS) is 17.9. The Balaban J connectivity index is 0.000000162. The third kappa shape index (κ3) is 9.73. The molecule has 2 saturated carbocycles. The highest BCUT2D eigenvalue weighted by molar-refractivity contribution is 6.34. The molecule has 6 heterocycles. The predicted molar refractivity (Wildman–Crippen MR) is 243 cm³/mol. The lowest BCUT2D eigenvalue weighted by atomic mass is 9.87. The third-order valence-corrected chi connectivity index (χ3v) is 14.4. The highest BCUT2D eigenvalue weighted by Crippen LogP contribution is 2.41. The molecule has 2 aromatic carbocycles. The zero-order valence-corrected chi connectivity index (χ0v) is 38.5. The Kier molecular flexibility index (Phi) is 13.7. The van der Waals surface area contributed by atoms with Gasteiger partial charge in [0.25, 0.3) is 0 Å². The first-order valence-electron chi connectivity index (χ1n) is 23.0. The molecule has 340 valence electrons. The zero-order valence-electron chi connectivity index (χ0n) is 36.9. The molecule has 4 fully saturated rings. The average molecular weight is 917 g/mol. The summed E-state index contributed by atoms with van der Waals surface area (Å²) in [6.07, 6.45) is 15.1. The maximum atomic E-state index is 14.7. The molecule has 10 nitrogen and oxygen atoms in total. The van der Waals surface area contributed by atoms with Crippen LogP contribution in [0.5, 0.6) is 11.5 Å². The van der Waals surface area contributed by atoms with Gasteiger partial charge in [-0.2, -0.15) is 0 Å². The fourth-order valence-corrected chi connectivity index (χ4v) is 10.1. The molecule has 0 spiro atoms. The SMILES string of the molecule is CCCOc1c(F)ccc(F)c1C1CCN(Cc2ccn3c(CC4CC4)nnc3c2Cl)CC1.Cc1ccc(F)c(C2CCN(Cc3ccn4c(CC5CC5)nnc4c3Cl)CC2)c1O[11CH3]. The van der Waals surface area contributed by atoms with E-state index in [9.17, 15) is 13.2 Å². The Bertz CT molecular complexity index is 2600. The van der Waals surface area contributed by atoms with Crippen molar-refractivity contribution >= 4 is 34.5 Å². The highest BCUT2D eigenvalue weighted by atomic mass is 35.5. The van der Waals surface area contributed by atoms with Crippen molar-refractivity contribution in [1.82, 2.24) is 39.0 Å². The van der Waals surface area contributed by atoms with Crippen molar-refractivity contribution in [2.45, 2.75) is 109 Å². The molecule has 64 heavy (non-hydrogen) atoms. The number of aryl methyl sites for hydroxylation is 1. The van der Waals surface area contributed by atoms with Crippen molar-refractivity contribution in [1.29, 1.82) is 0 Å². The van der Waals surface area contributed by atoms with Gasteiger partial charge in [0, 0.05) is 49.5 Å². The molecular formula is C49H57Cl2F3N8O2. The minimum absolute atomic E-state index is 0.0664. The van der Waals surface area contributed by atoms with Crippen molar-refractivity contribution < 1.29 is 22.6 Å². The van der Waals surface area contributed by atoms with Crippen LogP contribution in [0.3, 0.4) is 0 Å². The van der Waals surface area contributed by atoms with Crippen LogP contribution in [-0.4, -0.2) is 78.9 Å². The number of hydrogen-bond donors (Lipinski definition) is 0. The van der Waals surface area contributed by atoms with Crippen LogP contribution in [0.4, 0.5) is 13.2 Å². The minimum atomic E-state index is -0.489. The van der Waals surface area contributed by atoms with E-state index in [4.69, 9.17) is 32.7 Å². The van der Waals surface area contributed by atoms with Crippen molar-refractivity contribution in [3.8, 4) is 11.5 Å². The second kappa shape index (κ2) is 19.6. The molecule has 0 atom stereocenters. The second-order valence-corrected chi connectivity index (χ2v) is 19.0. The number of ether oxygens (including phenoxy) is 2. The lowest BCUT2D eigenvalue weighted by Gasteiger charge is -2.33. The van der Waals surface area contributed by atoms with E-state index in [-0.39, 0.29) is 29.2 Å². The Morgan fingerprint density at radius 2 is 1.06 bits per heavy atom. The molecule has 0 unspecified atom stereocenters. The van der Waals surface area contributed by atoms with E-state index in [2.05, 4.69) is 36.3 Å². The van der Waals surface area contributed by atoms with Crippen LogP contribution in [0.1, 0.15) is 116 Å². The molecule has 0 amide bonds. The topological polar surface area (TPSA) is 85.3 Å². The van der Waals surface area contributed by atoms with Gasteiger partial charge in [0.1, 0.15) is 29.0 Å². The molecule has 6 aromatic rings. The summed E-state index contributed by atoms with van der Waals surface area (Å²) < 4.78 is 58.8. The molecule has 2 aliphatic heterocycles. The van der Waals surface area contributed by atoms with Crippen LogP contribution >= 0.6 is 23.2 Å². The number of fused-ring (bicyclic) bond motifs is 2. The number of nitrogens with zero attached hydrogens (tertiary/aromatic N) is 8. The van der Waals surface area contributed by atoms with Gasteiger partial charge in [0.05, 0.1) is 23.8 Å². The Hall–Kier alpha value is -4.43. The lowest BCUT2D eigenvalue weighted by molar-refractivity contribution is 0.199. The molecular weight excluding hydrogens is 859 g/mol. The Morgan fingerprint density at radius 3 is 1.52 bits per heavy atom. The van der Waals surface area contributed by atoms with Crippen molar-refractivity contribution in [3.05, 3.63) is 116 Å². The van der Waals surface area contributed by atoms with Crippen LogP contribution in [0.25, 0.3) is 11.3 Å². The number of halogens is 5. The number of likely N-dealkylation sites (tertiary alicyclic amines) is 2. The first-order valence-corrected chi connectivity index (χ1v) is 23.8. The number of benzene rings is 2. The van der Waals surface area contributed by atoms with E-state index in [1.807, 2.05) is 41.1 Å². The number of piperidine rings is 2. The fraction of sp³-hybridized carbons (Fsp3) is 0.510. The molecule has 0 radical (unpaired) electrons. The summed E-state index contributed by atoms with van der Waals surface area (Å²) in [5, 5.41) is 18.7. The maximum Gasteiger partial charge on any atom is 0.179 e. The van der Waals surface area contributed by atoms with E-state index >= 15 is 0 Å². The minimum Gasteiger partial charge on any atom is -0.496 e. The van der Waals surface area contributed by atoms with Gasteiger partial charge in [-0.05, 0) is 162 Å². The Morgan fingerprint density at radius 1 is 0.609 bits per heavy atom. The summed E-state index contributed by atoms with van der Waals surface area (Å²) in [5.41, 5.74) is 5.63. The zero-order chi connectivity index (χ0) is 44.5. The standard InChI is InChI=1S/C25H29ClF2N4O.C24H28ClFN4O/c1-2-13-33-24-20(28)6-5-19(27)22(24)17-7-10-31(11-8-17)15-18-9-12-32-21(14-16-3-4-16)29-30-25(32)23(18)26;1-15-3-6-19(26)21(23(15)31-2)17-7-10-29(11-8-17)14-18-9-12-30-20(13-16-4-5-16)27-28-24(30)22(18)25/h5-6,9,12,16-17H,2-4,7-8,10-11,13-15H2,1H3;3,6,9,12,16-17H,4-5,7-8,10-11,13-14H2,1-2H3/i;2-1. The molecule has 10 rings (SSSR count). The van der Waals surface area contributed by atoms with Crippen molar-refractivity contribution in [2.75, 3.05) is 39.9 Å². The number of methoxy groups -OCH3 is 1. The van der Waals surface area contributed by atoms with E-state index < -0.39 is 5.82 Å². The number of pyridine rings is 2. The summed E-state index contributed by atoms with van der Waals surface area (Å²) >= 11 is 13.4. The van der Waals surface area contributed by atoms with E-state index in [0.717, 1.165) is 135 Å². The summed E-state index contributed by atoms with van der Waals surface area (Å²) in [7, 11) is 1.62. The van der Waals surface area contributed by atoms with Gasteiger partial charge >= 0.3 is 0 Å². The van der Waals surface area contributed by atoms with Crippen LogP contribution in [0.15, 0.2) is 48.8 Å². The molecule has 2 saturated heterocycles. The summed E-state index contributed by atoms with van der Waals surface area (Å²) in [5.74, 6) is 3.30. The van der Waals surface area contributed by atoms with Gasteiger partial charge in [-0.3, -0.25) is 18.6 Å². The smallest absolute Gasteiger partial charge is 0.179 e. The molecule has 4 aromatic heterocycles. The van der Waals surface area contributed by atoms with Gasteiger partial charge in [0.15, 0.2) is 22.9 Å². The lowest BCUT2D eigenvalue weighted by Crippen LogP contribution is -2.33. The average Bonchev–Trinajstić information content (AvgIpc) is 4.23. The van der Waals surface area contributed by atoms with E-state index in [0.29, 0.717) is 40.2 Å². The van der Waals surface area contributed by atoms with E-state index in [1.165, 1.54) is 31.7 Å². The van der Waals surface area contributed by atoms with Gasteiger partial charge in [-0.1, -0.05) is 36.2 Å². The molecule has 2 aliphatic carbocycles. The molecule has 15 heteroatoms. The first-order chi connectivity index (χ1) is 31.1. The van der Waals surface area contributed by atoms with Crippen molar-refractivity contribution in [3.63, 3.8) is 0 Å². The second-order valence-electron chi connectivity index (χ2n) is 18.3. The molecule has 4 aliphatic rings. The van der Waals surface area contributed by atoms with Crippen LogP contribution in [0.2, 0.25) is 10.0 Å². The van der Waals surface area contributed by atoms with Gasteiger partial charge in [-0.15, -0.1) is 20.4 Å². The first kappa shape index (κ1) is 44.8. The maximum absolute atomic E-state index is 14.7. The quantitative estimate of drug-likeness (QED) is 0.107. The predicted octanol–water partition coefficient (Wildman–Crippen LogP) is 11.0. The van der Waals surface area contributed by atoms with Crippen LogP contribution in [0, 0.1) is 36.2 Å². The van der Waals surface area contributed by atoms with Crippen LogP contribution < -0.4 is 9.47 Å². The number of rotatable bonds is 14. The molecule has 0 N–H and O–H groups in total. The molecule has 0 bridgehead atoms. The monoisotopic (exact) mass is 915 g/mol. The largest absolute Gasteiger partial charge is 0.496 e. The van der Waals surface area contributed by atoms with Crippen molar-refractivity contribution in [2.24, 2.45) is 11.8 Å². The van der Waals surface area contributed by atoms with Gasteiger partial charge in [0.2, 0.25) is 0 Å². The summed E-state index contributed by atoms with van der Waals surface area (Å²) in [4.78, 5) is 4.69.